The maximum Gasteiger partial charge on any atom is 0.240 e. The van der Waals surface area contributed by atoms with Crippen molar-refractivity contribution in [1.82, 2.24) is 9.62 Å². The summed E-state index contributed by atoms with van der Waals surface area (Å²) < 4.78 is 38.6. The second kappa shape index (κ2) is 10.2. The number of carbonyl (C=O) groups is 1. The Morgan fingerprint density at radius 3 is 2.61 bits per heavy atom. The van der Waals surface area contributed by atoms with E-state index in [1.54, 1.807) is 6.07 Å². The van der Waals surface area contributed by atoms with Gasteiger partial charge in [-0.1, -0.05) is 25.7 Å². The maximum absolute atomic E-state index is 12.6. The Kier molecular flexibility index (Phi) is 7.38. The van der Waals surface area contributed by atoms with Crippen LogP contribution in [0.5, 0.6) is 11.5 Å². The second-order valence-corrected chi connectivity index (χ2v) is 10.7. The van der Waals surface area contributed by atoms with Crippen LogP contribution in [0.2, 0.25) is 0 Å². The molecule has 1 amide bonds. The summed E-state index contributed by atoms with van der Waals surface area (Å²) in [6.45, 7) is 3.10. The van der Waals surface area contributed by atoms with Gasteiger partial charge in [-0.05, 0) is 49.7 Å². The third-order valence-electron chi connectivity index (χ3n) is 6.83. The van der Waals surface area contributed by atoms with Crippen LogP contribution in [0, 0.1) is 11.8 Å². The quantitative estimate of drug-likeness (QED) is 0.614. The molecule has 2 heterocycles. The molecule has 1 N–H and O–H groups in total. The molecule has 0 unspecified atom stereocenters. The first-order valence-electron chi connectivity index (χ1n) is 11.7. The number of benzene rings is 1. The van der Waals surface area contributed by atoms with E-state index in [0.29, 0.717) is 50.0 Å². The molecule has 1 aromatic carbocycles. The zero-order chi connectivity index (χ0) is 21.7. The minimum absolute atomic E-state index is 0.179. The Morgan fingerprint density at radius 2 is 1.77 bits per heavy atom. The van der Waals surface area contributed by atoms with Crippen molar-refractivity contribution in [2.45, 2.75) is 62.7 Å². The Balaban J connectivity index is 1.14. The minimum Gasteiger partial charge on any atom is -0.486 e. The van der Waals surface area contributed by atoms with Gasteiger partial charge in [0.1, 0.15) is 13.2 Å². The van der Waals surface area contributed by atoms with Crippen LogP contribution < -0.4 is 14.2 Å². The average molecular weight is 451 g/mol. The number of amides is 1. The van der Waals surface area contributed by atoms with Crippen molar-refractivity contribution in [3.63, 3.8) is 0 Å². The van der Waals surface area contributed by atoms with E-state index in [4.69, 9.17) is 9.47 Å². The topological polar surface area (TPSA) is 84.9 Å². The number of sulfonamides is 1. The molecule has 31 heavy (non-hydrogen) atoms. The normalized spacial score (nSPS) is 23.3. The summed E-state index contributed by atoms with van der Waals surface area (Å²) in [7, 11) is -3.59. The number of likely N-dealkylation sites (tertiary alicyclic amines) is 1. The number of unbranched alkanes of at least 4 members (excludes halogenated alkanes) is 2. The predicted octanol–water partition coefficient (Wildman–Crippen LogP) is 3.34. The van der Waals surface area contributed by atoms with Crippen LogP contribution in [-0.2, 0) is 14.8 Å². The summed E-state index contributed by atoms with van der Waals surface area (Å²) >= 11 is 0. The number of nitrogens with zero attached hydrogens (tertiary/aromatic N) is 1. The highest BCUT2D eigenvalue weighted by Crippen LogP contribution is 2.36. The summed E-state index contributed by atoms with van der Waals surface area (Å²) in [6.07, 6.45) is 9.35. The zero-order valence-electron chi connectivity index (χ0n) is 18.2. The summed E-state index contributed by atoms with van der Waals surface area (Å²) in [5.74, 6) is 2.84. The first-order chi connectivity index (χ1) is 15.0. The third-order valence-corrected chi connectivity index (χ3v) is 8.29. The molecule has 2 atom stereocenters. The van der Waals surface area contributed by atoms with Gasteiger partial charge >= 0.3 is 0 Å². The van der Waals surface area contributed by atoms with Crippen molar-refractivity contribution in [2.75, 3.05) is 32.8 Å². The van der Waals surface area contributed by atoms with Gasteiger partial charge in [-0.3, -0.25) is 4.79 Å². The lowest BCUT2D eigenvalue weighted by atomic mass is 9.75. The minimum atomic E-state index is -3.59. The summed E-state index contributed by atoms with van der Waals surface area (Å²) in [4.78, 5) is 14.8. The number of nitrogens with one attached hydrogen (secondary N) is 1. The molecule has 4 rings (SSSR count). The van der Waals surface area contributed by atoms with Crippen molar-refractivity contribution < 1.29 is 22.7 Å². The van der Waals surface area contributed by atoms with E-state index in [1.807, 2.05) is 0 Å². The molecule has 1 aliphatic carbocycles. The number of piperidine rings is 1. The van der Waals surface area contributed by atoms with Gasteiger partial charge in [-0.15, -0.1) is 0 Å². The maximum atomic E-state index is 12.6. The van der Waals surface area contributed by atoms with Crippen molar-refractivity contribution in [1.29, 1.82) is 0 Å². The number of ether oxygens (including phenoxy) is 2. The molecule has 1 aromatic rings. The lowest BCUT2D eigenvalue weighted by Gasteiger charge is -2.41. The molecular formula is C23H34N2O5S. The molecule has 1 saturated heterocycles. The molecule has 172 valence electrons. The fourth-order valence-corrected chi connectivity index (χ4v) is 6.13. The predicted molar refractivity (Wildman–Crippen MR) is 118 cm³/mol. The summed E-state index contributed by atoms with van der Waals surface area (Å²) in [6, 6.07) is 4.67. The molecule has 0 radical (unpaired) electrons. The second-order valence-electron chi connectivity index (χ2n) is 8.95. The number of hydrogen-bond donors (Lipinski definition) is 1. The number of rotatable bonds is 8. The van der Waals surface area contributed by atoms with Crippen molar-refractivity contribution >= 4 is 15.9 Å². The van der Waals surface area contributed by atoms with E-state index in [-0.39, 0.29) is 10.8 Å². The van der Waals surface area contributed by atoms with Gasteiger partial charge in [0.2, 0.25) is 15.9 Å². The molecule has 0 aromatic heterocycles. The summed E-state index contributed by atoms with van der Waals surface area (Å²) in [5, 5.41) is 0. The SMILES string of the molecule is O=C(CCCCCNS(=O)(=O)c1ccc2c(c1)OCCO2)N1CC[C@H]2CCCC[C@@H]2C1. The third kappa shape index (κ3) is 5.71. The average Bonchev–Trinajstić information content (AvgIpc) is 2.80. The zero-order valence-corrected chi connectivity index (χ0v) is 19.0. The van der Waals surface area contributed by atoms with Crippen LogP contribution >= 0.6 is 0 Å². The van der Waals surface area contributed by atoms with Crippen LogP contribution in [0.25, 0.3) is 0 Å². The van der Waals surface area contributed by atoms with Crippen molar-refractivity contribution in [3.05, 3.63) is 18.2 Å². The molecule has 2 aliphatic heterocycles. The van der Waals surface area contributed by atoms with Gasteiger partial charge < -0.3 is 14.4 Å². The molecule has 3 aliphatic rings. The molecular weight excluding hydrogens is 416 g/mol. The monoisotopic (exact) mass is 450 g/mol. The standard InChI is InChI=1S/C23H34N2O5S/c26-23(25-13-11-18-6-3-4-7-19(18)17-25)8-2-1-5-12-24-31(27,28)20-9-10-21-22(16-20)30-15-14-29-21/h9-10,16,18-19,24H,1-8,11-15,17H2/t18-,19-/m1/s1. The molecule has 7 nitrogen and oxygen atoms in total. The summed E-state index contributed by atoms with van der Waals surface area (Å²) in [5.41, 5.74) is 0. The van der Waals surface area contributed by atoms with Gasteiger partial charge in [0.15, 0.2) is 11.5 Å². The van der Waals surface area contributed by atoms with Crippen LogP contribution in [0.1, 0.15) is 57.8 Å². The number of fused-ring (bicyclic) bond motifs is 2. The molecule has 8 heteroatoms. The first kappa shape index (κ1) is 22.4. The number of hydrogen-bond acceptors (Lipinski definition) is 5. The van der Waals surface area contributed by atoms with Gasteiger partial charge in [-0.2, -0.15) is 0 Å². The smallest absolute Gasteiger partial charge is 0.240 e. The fourth-order valence-electron chi connectivity index (χ4n) is 5.04. The molecule has 0 bridgehead atoms. The molecule has 2 fully saturated rings. The fraction of sp³-hybridized carbons (Fsp3) is 0.696. The molecule has 0 spiro atoms. The van der Waals surface area contributed by atoms with Crippen LogP contribution in [-0.4, -0.2) is 52.1 Å². The van der Waals surface area contributed by atoms with E-state index in [1.165, 1.54) is 37.8 Å². The largest absolute Gasteiger partial charge is 0.486 e. The highest BCUT2D eigenvalue weighted by molar-refractivity contribution is 7.89. The van der Waals surface area contributed by atoms with E-state index in [2.05, 4.69) is 9.62 Å². The number of carbonyl (C=O) groups excluding carboxylic acids is 1. The van der Waals surface area contributed by atoms with Crippen molar-refractivity contribution in [3.8, 4) is 11.5 Å². The van der Waals surface area contributed by atoms with Gasteiger partial charge in [0, 0.05) is 32.1 Å². The lowest BCUT2D eigenvalue weighted by Crippen LogP contribution is -2.44. The van der Waals surface area contributed by atoms with E-state index in [0.717, 1.165) is 38.3 Å². The Bertz CT molecular complexity index is 873. The van der Waals surface area contributed by atoms with Gasteiger partial charge in [-0.25, -0.2) is 13.1 Å². The van der Waals surface area contributed by atoms with Crippen molar-refractivity contribution in [2.24, 2.45) is 11.8 Å². The van der Waals surface area contributed by atoms with Crippen LogP contribution in [0.3, 0.4) is 0 Å². The van der Waals surface area contributed by atoms with Crippen LogP contribution in [0.15, 0.2) is 23.1 Å². The Labute approximate surface area is 185 Å². The van der Waals surface area contributed by atoms with Crippen LogP contribution in [0.4, 0.5) is 0 Å². The lowest BCUT2D eigenvalue weighted by molar-refractivity contribution is -0.134. The van der Waals surface area contributed by atoms with E-state index < -0.39 is 10.0 Å². The van der Waals surface area contributed by atoms with E-state index >= 15 is 0 Å². The molecule has 1 saturated carbocycles. The highest BCUT2D eigenvalue weighted by atomic mass is 32.2. The Morgan fingerprint density at radius 1 is 1.00 bits per heavy atom. The Hall–Kier alpha value is -1.80. The van der Waals surface area contributed by atoms with E-state index in [9.17, 15) is 13.2 Å². The highest BCUT2D eigenvalue weighted by Gasteiger charge is 2.32. The van der Waals surface area contributed by atoms with Gasteiger partial charge in [0.25, 0.3) is 0 Å². The first-order valence-corrected chi connectivity index (χ1v) is 13.2. The van der Waals surface area contributed by atoms with Gasteiger partial charge in [0.05, 0.1) is 4.90 Å².